The van der Waals surface area contributed by atoms with E-state index >= 15 is 0 Å². The van der Waals surface area contributed by atoms with Gasteiger partial charge >= 0.3 is 0 Å². The average Bonchev–Trinajstić information content (AvgIpc) is 3.38. The Morgan fingerprint density at radius 1 is 1.20 bits per heavy atom. The largest absolute Gasteiger partial charge is 0.335 e. The smallest absolute Gasteiger partial charge is 0.255 e. The van der Waals surface area contributed by atoms with Gasteiger partial charge in [-0.25, -0.2) is 0 Å². The molecule has 0 atom stereocenters. The maximum absolute atomic E-state index is 12.7. The highest BCUT2D eigenvalue weighted by molar-refractivity contribution is 5.95. The summed E-state index contributed by atoms with van der Waals surface area (Å²) in [4.78, 5) is 25.5. The van der Waals surface area contributed by atoms with Crippen molar-refractivity contribution in [3.63, 3.8) is 0 Å². The lowest BCUT2D eigenvalue weighted by Crippen LogP contribution is -2.61. The van der Waals surface area contributed by atoms with E-state index in [0.29, 0.717) is 6.04 Å². The SMILES string of the molecule is Cc1ncccc1C(=O)N1CC(N(Cc2ccncc2)CC2CC2)C1. The van der Waals surface area contributed by atoms with Crippen LogP contribution in [-0.4, -0.2) is 51.4 Å². The van der Waals surface area contributed by atoms with Gasteiger partial charge in [-0.05, 0) is 55.5 Å². The summed E-state index contributed by atoms with van der Waals surface area (Å²) < 4.78 is 0. The molecule has 1 saturated carbocycles. The van der Waals surface area contributed by atoms with Crippen molar-refractivity contribution < 1.29 is 4.79 Å². The van der Waals surface area contributed by atoms with E-state index in [1.165, 1.54) is 18.4 Å². The first-order valence-electron chi connectivity index (χ1n) is 9.04. The summed E-state index contributed by atoms with van der Waals surface area (Å²) in [5.41, 5.74) is 2.83. The Hall–Kier alpha value is -2.27. The third-order valence-electron chi connectivity index (χ3n) is 5.23. The molecule has 130 valence electrons. The number of pyridine rings is 2. The molecule has 4 rings (SSSR count). The Morgan fingerprint density at radius 2 is 1.96 bits per heavy atom. The molecule has 1 aliphatic heterocycles. The fourth-order valence-electron chi connectivity index (χ4n) is 3.43. The predicted octanol–water partition coefficient (Wildman–Crippen LogP) is 2.52. The van der Waals surface area contributed by atoms with Gasteiger partial charge in [-0.1, -0.05) is 0 Å². The van der Waals surface area contributed by atoms with E-state index in [1.54, 1.807) is 6.20 Å². The lowest BCUT2D eigenvalue weighted by molar-refractivity contribution is 0.0219. The van der Waals surface area contributed by atoms with Crippen LogP contribution in [0.5, 0.6) is 0 Å². The normalized spacial score (nSPS) is 17.6. The van der Waals surface area contributed by atoms with Gasteiger partial charge in [0.1, 0.15) is 0 Å². The monoisotopic (exact) mass is 336 g/mol. The van der Waals surface area contributed by atoms with E-state index in [0.717, 1.165) is 43.4 Å². The van der Waals surface area contributed by atoms with E-state index in [2.05, 4.69) is 27.0 Å². The summed E-state index contributed by atoms with van der Waals surface area (Å²) in [6.07, 6.45) is 8.13. The molecule has 0 bridgehead atoms. The topological polar surface area (TPSA) is 49.3 Å². The molecule has 0 spiro atoms. The van der Waals surface area contributed by atoms with E-state index in [9.17, 15) is 4.79 Å². The summed E-state index contributed by atoms with van der Waals surface area (Å²) >= 11 is 0. The summed E-state index contributed by atoms with van der Waals surface area (Å²) in [6.45, 7) is 5.60. The molecule has 2 aliphatic rings. The van der Waals surface area contributed by atoms with Crippen molar-refractivity contribution >= 4 is 5.91 Å². The molecule has 0 N–H and O–H groups in total. The van der Waals surface area contributed by atoms with Crippen LogP contribution in [0.15, 0.2) is 42.9 Å². The van der Waals surface area contributed by atoms with Gasteiger partial charge in [-0.3, -0.25) is 19.7 Å². The second-order valence-corrected chi connectivity index (χ2v) is 7.23. The molecule has 0 radical (unpaired) electrons. The van der Waals surface area contributed by atoms with Crippen LogP contribution in [0.25, 0.3) is 0 Å². The summed E-state index contributed by atoms with van der Waals surface area (Å²) in [5.74, 6) is 0.948. The summed E-state index contributed by atoms with van der Waals surface area (Å²) in [5, 5.41) is 0. The third kappa shape index (κ3) is 3.71. The van der Waals surface area contributed by atoms with Crippen LogP contribution < -0.4 is 0 Å². The molecule has 1 saturated heterocycles. The molecule has 5 heteroatoms. The highest BCUT2D eigenvalue weighted by Gasteiger charge is 2.37. The lowest BCUT2D eigenvalue weighted by atomic mass is 10.0. The van der Waals surface area contributed by atoms with Crippen LogP contribution in [0.3, 0.4) is 0 Å². The number of hydrogen-bond acceptors (Lipinski definition) is 4. The number of carbonyl (C=O) groups is 1. The molecule has 3 heterocycles. The van der Waals surface area contributed by atoms with Crippen LogP contribution in [-0.2, 0) is 6.54 Å². The Labute approximate surface area is 148 Å². The molecular weight excluding hydrogens is 312 g/mol. The molecular formula is C20H24N4O. The minimum atomic E-state index is 0.108. The molecule has 2 aromatic heterocycles. The van der Waals surface area contributed by atoms with Crippen molar-refractivity contribution in [3.05, 3.63) is 59.7 Å². The second-order valence-electron chi connectivity index (χ2n) is 7.23. The fraction of sp³-hybridized carbons (Fsp3) is 0.450. The Balaban J connectivity index is 1.39. The van der Waals surface area contributed by atoms with Gasteiger partial charge in [0.2, 0.25) is 0 Å². The first kappa shape index (κ1) is 16.2. The molecule has 1 amide bonds. The predicted molar refractivity (Wildman–Crippen MR) is 96.0 cm³/mol. The molecule has 0 aromatic carbocycles. The first-order valence-corrected chi connectivity index (χ1v) is 9.04. The molecule has 5 nitrogen and oxygen atoms in total. The molecule has 25 heavy (non-hydrogen) atoms. The average molecular weight is 336 g/mol. The fourth-order valence-corrected chi connectivity index (χ4v) is 3.43. The van der Waals surface area contributed by atoms with Crippen LogP contribution >= 0.6 is 0 Å². The van der Waals surface area contributed by atoms with Gasteiger partial charge in [-0.2, -0.15) is 0 Å². The van der Waals surface area contributed by atoms with Crippen molar-refractivity contribution in [2.45, 2.75) is 32.4 Å². The number of carbonyl (C=O) groups excluding carboxylic acids is 1. The summed E-state index contributed by atoms with van der Waals surface area (Å²) in [7, 11) is 0. The zero-order valence-electron chi connectivity index (χ0n) is 14.6. The molecule has 0 unspecified atom stereocenters. The van der Waals surface area contributed by atoms with E-state index in [-0.39, 0.29) is 5.91 Å². The summed E-state index contributed by atoms with van der Waals surface area (Å²) in [6, 6.07) is 8.33. The van der Waals surface area contributed by atoms with Crippen molar-refractivity contribution in [1.82, 2.24) is 19.8 Å². The van der Waals surface area contributed by atoms with Gasteiger partial charge in [0.05, 0.1) is 5.56 Å². The number of hydrogen-bond donors (Lipinski definition) is 0. The van der Waals surface area contributed by atoms with Crippen molar-refractivity contribution in [1.29, 1.82) is 0 Å². The van der Waals surface area contributed by atoms with Gasteiger partial charge < -0.3 is 4.90 Å². The molecule has 1 aliphatic carbocycles. The molecule has 2 aromatic rings. The van der Waals surface area contributed by atoms with Crippen LogP contribution in [0.1, 0.15) is 34.5 Å². The number of aromatic nitrogens is 2. The molecule has 2 fully saturated rings. The van der Waals surface area contributed by atoms with Crippen molar-refractivity contribution in [2.75, 3.05) is 19.6 Å². The maximum Gasteiger partial charge on any atom is 0.255 e. The number of aryl methyl sites for hydroxylation is 1. The number of nitrogens with zero attached hydrogens (tertiary/aromatic N) is 4. The lowest BCUT2D eigenvalue weighted by Gasteiger charge is -2.45. The maximum atomic E-state index is 12.7. The van der Waals surface area contributed by atoms with E-state index in [4.69, 9.17) is 0 Å². The first-order chi connectivity index (χ1) is 12.2. The Bertz CT molecular complexity index is 738. The number of likely N-dealkylation sites (tertiary alicyclic amines) is 1. The van der Waals surface area contributed by atoms with E-state index < -0.39 is 0 Å². The number of rotatable bonds is 6. The van der Waals surface area contributed by atoms with Crippen molar-refractivity contribution in [2.24, 2.45) is 5.92 Å². The zero-order chi connectivity index (χ0) is 17.2. The minimum absolute atomic E-state index is 0.108. The third-order valence-corrected chi connectivity index (χ3v) is 5.23. The van der Waals surface area contributed by atoms with Gasteiger partial charge in [0.15, 0.2) is 0 Å². The second kappa shape index (κ2) is 6.92. The van der Waals surface area contributed by atoms with Crippen LogP contribution in [0, 0.1) is 12.8 Å². The van der Waals surface area contributed by atoms with Gasteiger partial charge in [0.25, 0.3) is 5.91 Å². The number of amides is 1. The van der Waals surface area contributed by atoms with Gasteiger partial charge in [0, 0.05) is 56.5 Å². The quantitative estimate of drug-likeness (QED) is 0.813. The highest BCUT2D eigenvalue weighted by atomic mass is 16.2. The van der Waals surface area contributed by atoms with Crippen LogP contribution in [0.2, 0.25) is 0 Å². The minimum Gasteiger partial charge on any atom is -0.335 e. The van der Waals surface area contributed by atoms with Crippen molar-refractivity contribution in [3.8, 4) is 0 Å². The Morgan fingerprint density at radius 3 is 2.64 bits per heavy atom. The van der Waals surface area contributed by atoms with Gasteiger partial charge in [-0.15, -0.1) is 0 Å². The standard InChI is InChI=1S/C20H24N4O/c1-15-19(3-2-8-22-15)20(25)24-13-18(14-24)23(11-16-4-5-16)12-17-6-9-21-10-7-17/h2-3,6-10,16,18H,4-5,11-14H2,1H3. The zero-order valence-corrected chi connectivity index (χ0v) is 14.6. The van der Waals surface area contributed by atoms with E-state index in [1.807, 2.05) is 36.4 Å². The highest BCUT2D eigenvalue weighted by Crippen LogP contribution is 2.32. The van der Waals surface area contributed by atoms with Crippen LogP contribution in [0.4, 0.5) is 0 Å². The Kier molecular flexibility index (Phi) is 4.49.